The number of rotatable bonds is 9. The minimum atomic E-state index is -4.50. The number of amidine groups is 1. The maximum absolute atomic E-state index is 12.6. The van der Waals surface area contributed by atoms with Crippen molar-refractivity contribution in [3.05, 3.63) is 29.9 Å². The molecule has 0 saturated carbocycles. The lowest BCUT2D eigenvalue weighted by atomic mass is 9.92. The van der Waals surface area contributed by atoms with E-state index in [9.17, 15) is 18.0 Å². The molecule has 3 unspecified atom stereocenters. The summed E-state index contributed by atoms with van der Waals surface area (Å²) in [4.78, 5) is 26.5. The molecule has 1 aromatic heterocycles. The van der Waals surface area contributed by atoms with Crippen molar-refractivity contribution in [2.45, 2.75) is 34.9 Å². The van der Waals surface area contributed by atoms with E-state index in [-0.39, 0.29) is 21.0 Å². The molecule has 1 aromatic rings. The topological polar surface area (TPSA) is 91.3 Å². The van der Waals surface area contributed by atoms with Crippen molar-refractivity contribution in [2.24, 2.45) is 10.9 Å². The summed E-state index contributed by atoms with van der Waals surface area (Å²) in [5.74, 6) is 0.962. The Balaban J connectivity index is 1.96. The van der Waals surface area contributed by atoms with Gasteiger partial charge in [0.25, 0.3) is 0 Å². The van der Waals surface area contributed by atoms with Gasteiger partial charge in [-0.1, -0.05) is 42.2 Å². The summed E-state index contributed by atoms with van der Waals surface area (Å²) >= 11 is 10.1. The van der Waals surface area contributed by atoms with Crippen LogP contribution in [-0.2, 0) is 11.2 Å². The first-order valence-electron chi connectivity index (χ1n) is 10.5. The van der Waals surface area contributed by atoms with Crippen LogP contribution in [0.15, 0.2) is 17.8 Å². The zero-order valence-electron chi connectivity index (χ0n) is 18.5. The standard InChI is InChI=1S/C21H25ClF3IN6OS/c1-4-10-13(5-2)30-18(11-6-27-19-15(11)16(26)12(22)7-28-19)32-17(10)31-14(8-34-3)20(33)29-9-21(23,24)25/h4,6,12,14-16H,1,5,7-9H2,2-3H3,(H,27,28)(H,29,33)(H,30,31,32)/t12?,14-,15?,16?/m0/s1. The third-order valence-electron chi connectivity index (χ3n) is 5.35. The molecule has 0 aliphatic carbocycles. The van der Waals surface area contributed by atoms with Crippen molar-refractivity contribution in [1.82, 2.24) is 20.6 Å². The van der Waals surface area contributed by atoms with Crippen LogP contribution in [0.2, 0.25) is 0 Å². The van der Waals surface area contributed by atoms with E-state index in [0.717, 1.165) is 11.4 Å². The maximum Gasteiger partial charge on any atom is 0.405 e. The second-order valence-corrected chi connectivity index (χ2v) is 10.6. The van der Waals surface area contributed by atoms with Gasteiger partial charge in [0.15, 0.2) is 5.82 Å². The number of carbonyl (C=O) groups is 1. The number of aryl methyl sites for hydroxylation is 1. The van der Waals surface area contributed by atoms with Crippen molar-refractivity contribution >= 4 is 75.2 Å². The third-order valence-corrected chi connectivity index (χ3v) is 8.44. The van der Waals surface area contributed by atoms with Gasteiger partial charge in [-0.3, -0.25) is 9.79 Å². The average Bonchev–Trinajstić information content (AvgIpc) is 3.23. The predicted molar refractivity (Wildman–Crippen MR) is 141 cm³/mol. The van der Waals surface area contributed by atoms with Crippen LogP contribution in [0.4, 0.5) is 19.0 Å². The average molecular weight is 629 g/mol. The number of halogens is 5. The second-order valence-electron chi connectivity index (χ2n) is 7.71. The van der Waals surface area contributed by atoms with Gasteiger partial charge in [-0.2, -0.15) is 24.9 Å². The molecule has 0 spiro atoms. The van der Waals surface area contributed by atoms with Crippen LogP contribution in [-0.4, -0.2) is 68.3 Å². The van der Waals surface area contributed by atoms with Crippen LogP contribution in [0.1, 0.15) is 24.0 Å². The van der Waals surface area contributed by atoms with Crippen LogP contribution in [0.5, 0.6) is 0 Å². The van der Waals surface area contributed by atoms with Gasteiger partial charge < -0.3 is 16.0 Å². The summed E-state index contributed by atoms with van der Waals surface area (Å²) in [6, 6.07) is -0.935. The number of aliphatic imine (C=N–C) groups is 1. The van der Waals surface area contributed by atoms with Crippen LogP contribution in [0.25, 0.3) is 11.6 Å². The van der Waals surface area contributed by atoms with Crippen LogP contribution < -0.4 is 16.0 Å². The Bertz CT molecular complexity index is 1010. The first kappa shape index (κ1) is 27.1. The van der Waals surface area contributed by atoms with Gasteiger partial charge in [0.1, 0.15) is 24.2 Å². The quantitative estimate of drug-likeness (QED) is 0.284. The molecule has 0 radical (unpaired) electrons. The summed E-state index contributed by atoms with van der Waals surface area (Å²) in [6.07, 6.45) is 1.23. The Labute approximate surface area is 219 Å². The van der Waals surface area contributed by atoms with Crippen LogP contribution >= 0.6 is 46.0 Å². The van der Waals surface area contributed by atoms with E-state index in [1.54, 1.807) is 12.3 Å². The Morgan fingerprint density at radius 1 is 1.47 bits per heavy atom. The fourth-order valence-corrected chi connectivity index (χ4v) is 5.45. The predicted octanol–water partition coefficient (Wildman–Crippen LogP) is 3.89. The van der Waals surface area contributed by atoms with Crippen molar-refractivity contribution < 1.29 is 18.0 Å². The van der Waals surface area contributed by atoms with E-state index in [4.69, 9.17) is 16.6 Å². The highest BCUT2D eigenvalue weighted by atomic mass is 127. The van der Waals surface area contributed by atoms with Gasteiger partial charge in [0.05, 0.1) is 23.5 Å². The molecule has 4 atom stereocenters. The Morgan fingerprint density at radius 2 is 2.21 bits per heavy atom. The minimum Gasteiger partial charge on any atom is -0.357 e. The summed E-state index contributed by atoms with van der Waals surface area (Å²) in [5.41, 5.74) is 2.13. The molecule has 186 valence electrons. The molecule has 7 nitrogen and oxygen atoms in total. The molecule has 34 heavy (non-hydrogen) atoms. The van der Waals surface area contributed by atoms with Gasteiger partial charge in [-0.25, -0.2) is 9.97 Å². The maximum atomic E-state index is 12.6. The number of nitrogens with one attached hydrogen (secondary N) is 3. The van der Waals surface area contributed by atoms with Crippen molar-refractivity contribution in [2.75, 3.05) is 30.4 Å². The minimum absolute atomic E-state index is 0.0644. The Kier molecular flexibility index (Phi) is 9.12. The lowest BCUT2D eigenvalue weighted by Crippen LogP contribution is -2.45. The van der Waals surface area contributed by atoms with Crippen LogP contribution in [0, 0.1) is 5.92 Å². The zero-order chi connectivity index (χ0) is 25.0. The molecule has 2 aliphatic rings. The summed E-state index contributed by atoms with van der Waals surface area (Å²) in [5, 5.41) is 8.03. The number of fused-ring (bicyclic) bond motifs is 1. The van der Waals surface area contributed by atoms with E-state index in [1.165, 1.54) is 11.8 Å². The number of thioether (sulfide) groups is 1. The molecule has 3 heterocycles. The molecule has 0 aromatic carbocycles. The van der Waals surface area contributed by atoms with Gasteiger partial charge >= 0.3 is 6.18 Å². The number of nitrogens with zero attached hydrogens (tertiary/aromatic N) is 3. The van der Waals surface area contributed by atoms with Gasteiger partial charge in [-0.15, -0.1) is 11.6 Å². The number of hydrogen-bond donors (Lipinski definition) is 3. The van der Waals surface area contributed by atoms with Crippen molar-refractivity contribution in [1.29, 1.82) is 0 Å². The number of anilines is 1. The van der Waals surface area contributed by atoms with Crippen molar-refractivity contribution in [3.63, 3.8) is 0 Å². The highest BCUT2D eigenvalue weighted by Crippen LogP contribution is 2.38. The summed E-state index contributed by atoms with van der Waals surface area (Å²) in [6.45, 7) is 4.89. The van der Waals surface area contributed by atoms with Crippen LogP contribution in [0.3, 0.4) is 0 Å². The molecule has 2 aliphatic heterocycles. The summed E-state index contributed by atoms with van der Waals surface area (Å²) in [7, 11) is 0. The highest BCUT2D eigenvalue weighted by molar-refractivity contribution is 14.1. The monoisotopic (exact) mass is 628 g/mol. The molecule has 0 saturated heterocycles. The zero-order valence-corrected chi connectivity index (χ0v) is 22.3. The van der Waals surface area contributed by atoms with Gasteiger partial charge in [-0.05, 0) is 12.7 Å². The number of aromatic nitrogens is 2. The van der Waals surface area contributed by atoms with E-state index >= 15 is 0 Å². The molecular weight excluding hydrogens is 604 g/mol. The second kappa shape index (κ2) is 11.5. The van der Waals surface area contributed by atoms with Crippen molar-refractivity contribution in [3.8, 4) is 0 Å². The normalized spacial score (nSPS) is 22.7. The SMILES string of the molecule is C=Cc1c(CC)nc(C2=CNC3=NCC(Cl)C(I)C23)nc1N[C@@H](CSC)C(=O)NCC(F)(F)F. The molecule has 3 N–H and O–H groups in total. The molecule has 13 heteroatoms. The first-order chi connectivity index (χ1) is 16.1. The molecule has 0 fully saturated rings. The number of hydrogen-bond acceptors (Lipinski definition) is 7. The van der Waals surface area contributed by atoms with Gasteiger partial charge in [0, 0.05) is 27.0 Å². The number of alkyl halides is 5. The molecule has 3 rings (SSSR count). The van der Waals surface area contributed by atoms with E-state index in [2.05, 4.69) is 49.8 Å². The molecular formula is C21H25ClF3IN6OS. The first-order valence-corrected chi connectivity index (χ1v) is 13.6. The van der Waals surface area contributed by atoms with E-state index in [0.29, 0.717) is 35.9 Å². The lowest BCUT2D eigenvalue weighted by molar-refractivity contribution is -0.138. The molecule has 1 amide bonds. The van der Waals surface area contributed by atoms with Gasteiger partial charge in [0.2, 0.25) is 5.91 Å². The fraction of sp³-hybridized carbons (Fsp3) is 0.524. The highest BCUT2D eigenvalue weighted by Gasteiger charge is 2.40. The number of carbonyl (C=O) groups excluding carboxylic acids is 1. The van der Waals surface area contributed by atoms with E-state index < -0.39 is 24.7 Å². The number of amides is 1. The lowest BCUT2D eigenvalue weighted by Gasteiger charge is -2.28. The smallest absolute Gasteiger partial charge is 0.357 e. The molecule has 0 bridgehead atoms. The fourth-order valence-electron chi connectivity index (χ4n) is 3.71. The third kappa shape index (κ3) is 6.17. The largest absolute Gasteiger partial charge is 0.405 e. The Hall–Kier alpha value is -1.54. The summed E-state index contributed by atoms with van der Waals surface area (Å²) < 4.78 is 37.9. The Morgan fingerprint density at radius 3 is 2.82 bits per heavy atom. The van der Waals surface area contributed by atoms with E-state index in [1.807, 2.05) is 18.4 Å².